The molecule has 0 saturated heterocycles. The Bertz CT molecular complexity index is 109. The van der Waals surface area contributed by atoms with Crippen molar-refractivity contribution < 1.29 is 0 Å². The Morgan fingerprint density at radius 1 is 1.09 bits per heavy atom. The van der Waals surface area contributed by atoms with Crippen molar-refractivity contribution in [3.63, 3.8) is 0 Å². The summed E-state index contributed by atoms with van der Waals surface area (Å²) in [6, 6.07) is 0.484. The number of nitrogens with two attached hydrogens (primary N) is 1. The molecule has 0 aromatic rings. The summed E-state index contributed by atoms with van der Waals surface area (Å²) < 4.78 is 0. The van der Waals surface area contributed by atoms with Gasteiger partial charge in [0.1, 0.15) is 0 Å². The van der Waals surface area contributed by atoms with E-state index in [-0.39, 0.29) is 0 Å². The molecule has 0 bridgehead atoms. The van der Waals surface area contributed by atoms with Crippen LogP contribution in [0.15, 0.2) is 0 Å². The zero-order chi connectivity index (χ0) is 8.27. The maximum atomic E-state index is 6.08. The monoisotopic (exact) mass is 155 g/mol. The molecule has 1 aliphatic rings. The third-order valence-corrected chi connectivity index (χ3v) is 2.98. The molecule has 0 aromatic carbocycles. The molecule has 0 heterocycles. The summed E-state index contributed by atoms with van der Waals surface area (Å²) in [5.74, 6) is 1.57. The maximum absolute atomic E-state index is 6.08. The van der Waals surface area contributed by atoms with Crippen molar-refractivity contribution in [1.29, 1.82) is 0 Å². The molecule has 0 radical (unpaired) electrons. The molecule has 1 rings (SSSR count). The van der Waals surface area contributed by atoms with Crippen LogP contribution in [0.2, 0.25) is 0 Å². The second-order valence-corrected chi connectivity index (χ2v) is 4.21. The van der Waals surface area contributed by atoms with E-state index in [1.165, 1.54) is 32.1 Å². The molecule has 1 heteroatoms. The van der Waals surface area contributed by atoms with Gasteiger partial charge >= 0.3 is 0 Å². The fraction of sp³-hybridized carbons (Fsp3) is 1.00. The first-order chi connectivity index (χ1) is 5.22. The highest BCUT2D eigenvalue weighted by Gasteiger charge is 2.22. The van der Waals surface area contributed by atoms with Crippen molar-refractivity contribution in [3.8, 4) is 0 Å². The van der Waals surface area contributed by atoms with Gasteiger partial charge in [-0.2, -0.15) is 0 Å². The largest absolute Gasteiger partial charge is 0.327 e. The van der Waals surface area contributed by atoms with Crippen molar-refractivity contribution in [3.05, 3.63) is 0 Å². The van der Waals surface area contributed by atoms with E-state index in [0.717, 1.165) is 11.8 Å². The zero-order valence-corrected chi connectivity index (χ0v) is 7.84. The normalized spacial score (nSPS) is 33.8. The molecule has 0 aliphatic heterocycles. The molecule has 66 valence electrons. The molecule has 1 nitrogen and oxygen atoms in total. The third kappa shape index (κ3) is 2.48. The third-order valence-electron chi connectivity index (χ3n) is 2.98. The molecule has 1 saturated carbocycles. The first-order valence-corrected chi connectivity index (χ1v) is 4.97. The predicted octanol–water partition coefficient (Wildman–Crippen LogP) is 2.55. The summed E-state index contributed by atoms with van der Waals surface area (Å²) in [5, 5.41) is 0. The van der Waals surface area contributed by atoms with Gasteiger partial charge in [-0.05, 0) is 24.7 Å². The Morgan fingerprint density at radius 2 is 1.73 bits per heavy atom. The van der Waals surface area contributed by atoms with Crippen molar-refractivity contribution in [2.24, 2.45) is 17.6 Å². The average Bonchev–Trinajstić information content (AvgIpc) is 2.13. The van der Waals surface area contributed by atoms with Crippen LogP contribution >= 0.6 is 0 Å². The Morgan fingerprint density at radius 3 is 2.36 bits per heavy atom. The molecular formula is C10H21N. The molecule has 0 amide bonds. The molecular weight excluding hydrogens is 134 g/mol. The quantitative estimate of drug-likeness (QED) is 0.579. The Labute approximate surface area is 70.4 Å². The predicted molar refractivity (Wildman–Crippen MR) is 49.4 cm³/mol. The Kier molecular flexibility index (Phi) is 3.38. The summed E-state index contributed by atoms with van der Waals surface area (Å²) in [5.41, 5.74) is 6.08. The SMILES string of the molecule is CC(C)[C@@H]1CCCCC[C@@H]1N. The summed E-state index contributed by atoms with van der Waals surface area (Å²) in [4.78, 5) is 0. The van der Waals surface area contributed by atoms with Gasteiger partial charge in [0.15, 0.2) is 0 Å². The number of hydrogen-bond donors (Lipinski definition) is 1. The van der Waals surface area contributed by atoms with Crippen LogP contribution in [0.4, 0.5) is 0 Å². The fourth-order valence-corrected chi connectivity index (χ4v) is 2.19. The standard InChI is InChI=1S/C10H21N/c1-8(2)9-6-4-3-5-7-10(9)11/h8-10H,3-7,11H2,1-2H3/t9-,10-/m0/s1. The number of rotatable bonds is 1. The van der Waals surface area contributed by atoms with Crippen LogP contribution in [0.3, 0.4) is 0 Å². The van der Waals surface area contributed by atoms with Crippen LogP contribution in [0.25, 0.3) is 0 Å². The molecule has 2 N–H and O–H groups in total. The topological polar surface area (TPSA) is 26.0 Å². The van der Waals surface area contributed by atoms with Gasteiger partial charge in [0.05, 0.1) is 0 Å². The van der Waals surface area contributed by atoms with E-state index < -0.39 is 0 Å². The van der Waals surface area contributed by atoms with Gasteiger partial charge < -0.3 is 5.73 Å². The summed E-state index contributed by atoms with van der Waals surface area (Å²) in [7, 11) is 0. The Balaban J connectivity index is 2.45. The van der Waals surface area contributed by atoms with Crippen molar-refractivity contribution in [2.45, 2.75) is 52.0 Å². The van der Waals surface area contributed by atoms with Crippen LogP contribution in [0.1, 0.15) is 46.0 Å². The molecule has 1 aliphatic carbocycles. The average molecular weight is 155 g/mol. The van der Waals surface area contributed by atoms with Crippen LogP contribution in [0, 0.1) is 11.8 Å². The van der Waals surface area contributed by atoms with Crippen LogP contribution in [0.5, 0.6) is 0 Å². The van der Waals surface area contributed by atoms with Gasteiger partial charge in [-0.3, -0.25) is 0 Å². The summed E-state index contributed by atoms with van der Waals surface area (Å²) >= 11 is 0. The molecule has 0 aromatic heterocycles. The molecule has 11 heavy (non-hydrogen) atoms. The van der Waals surface area contributed by atoms with Gasteiger partial charge in [-0.1, -0.05) is 33.1 Å². The zero-order valence-electron chi connectivity index (χ0n) is 7.84. The molecule has 0 unspecified atom stereocenters. The first kappa shape index (κ1) is 9.05. The van der Waals surface area contributed by atoms with E-state index in [1.54, 1.807) is 0 Å². The summed E-state index contributed by atoms with van der Waals surface area (Å²) in [6.45, 7) is 4.60. The van der Waals surface area contributed by atoms with E-state index in [4.69, 9.17) is 5.73 Å². The molecule has 2 atom stereocenters. The van der Waals surface area contributed by atoms with E-state index >= 15 is 0 Å². The van der Waals surface area contributed by atoms with Gasteiger partial charge in [0.2, 0.25) is 0 Å². The second-order valence-electron chi connectivity index (χ2n) is 4.21. The van der Waals surface area contributed by atoms with Crippen LogP contribution in [-0.4, -0.2) is 6.04 Å². The van der Waals surface area contributed by atoms with Gasteiger partial charge in [-0.15, -0.1) is 0 Å². The Hall–Kier alpha value is -0.0400. The minimum atomic E-state index is 0.484. The lowest BCUT2D eigenvalue weighted by molar-refractivity contribution is 0.301. The highest BCUT2D eigenvalue weighted by atomic mass is 14.7. The van der Waals surface area contributed by atoms with Gasteiger partial charge in [-0.25, -0.2) is 0 Å². The maximum Gasteiger partial charge on any atom is 0.00696 e. The molecule has 1 fully saturated rings. The van der Waals surface area contributed by atoms with E-state index in [1.807, 2.05) is 0 Å². The molecule has 0 spiro atoms. The van der Waals surface area contributed by atoms with Gasteiger partial charge in [0.25, 0.3) is 0 Å². The number of hydrogen-bond acceptors (Lipinski definition) is 1. The lowest BCUT2D eigenvalue weighted by Gasteiger charge is -2.24. The van der Waals surface area contributed by atoms with E-state index in [9.17, 15) is 0 Å². The van der Waals surface area contributed by atoms with Gasteiger partial charge in [0, 0.05) is 6.04 Å². The first-order valence-electron chi connectivity index (χ1n) is 4.97. The minimum absolute atomic E-state index is 0.484. The minimum Gasteiger partial charge on any atom is -0.327 e. The highest BCUT2D eigenvalue weighted by molar-refractivity contribution is 4.78. The lowest BCUT2D eigenvalue weighted by Crippen LogP contribution is -2.32. The summed E-state index contributed by atoms with van der Waals surface area (Å²) in [6.07, 6.45) is 6.76. The lowest BCUT2D eigenvalue weighted by atomic mass is 9.85. The fourth-order valence-electron chi connectivity index (χ4n) is 2.19. The second kappa shape index (κ2) is 4.10. The van der Waals surface area contributed by atoms with E-state index in [0.29, 0.717) is 6.04 Å². The van der Waals surface area contributed by atoms with E-state index in [2.05, 4.69) is 13.8 Å². The van der Waals surface area contributed by atoms with Crippen molar-refractivity contribution >= 4 is 0 Å². The van der Waals surface area contributed by atoms with Crippen LogP contribution < -0.4 is 5.73 Å². The smallest absolute Gasteiger partial charge is 0.00696 e. The van der Waals surface area contributed by atoms with Crippen molar-refractivity contribution in [2.75, 3.05) is 0 Å². The van der Waals surface area contributed by atoms with Crippen LogP contribution in [-0.2, 0) is 0 Å². The van der Waals surface area contributed by atoms with Crippen molar-refractivity contribution in [1.82, 2.24) is 0 Å². The highest BCUT2D eigenvalue weighted by Crippen LogP contribution is 2.27.